The molecule has 2 aromatic rings. The molecule has 0 spiro atoms. The highest BCUT2D eigenvalue weighted by molar-refractivity contribution is 5.94. The van der Waals surface area contributed by atoms with Crippen LogP contribution in [0.1, 0.15) is 5.56 Å². The second-order valence-corrected chi connectivity index (χ2v) is 4.61. The van der Waals surface area contributed by atoms with Crippen LogP contribution in [0.5, 0.6) is 0 Å². The maximum absolute atomic E-state index is 12.0. The van der Waals surface area contributed by atoms with E-state index in [-0.39, 0.29) is 12.5 Å². The van der Waals surface area contributed by atoms with Crippen molar-refractivity contribution >= 4 is 17.6 Å². The number of hydrogen-bond acceptors (Lipinski definition) is 4. The molecule has 2 rings (SSSR count). The zero-order valence-electron chi connectivity index (χ0n) is 11.3. The lowest BCUT2D eigenvalue weighted by atomic mass is 10.1. The van der Waals surface area contributed by atoms with Crippen LogP contribution in [0.3, 0.4) is 0 Å². The number of aliphatic carboxylic acids is 1. The smallest absolute Gasteiger partial charge is 0.325 e. The van der Waals surface area contributed by atoms with E-state index in [1.807, 2.05) is 30.3 Å². The van der Waals surface area contributed by atoms with Crippen molar-refractivity contribution in [2.24, 2.45) is 5.73 Å². The normalized spacial score (nSPS) is 11.9. The lowest BCUT2D eigenvalue weighted by Gasteiger charge is -2.11. The fourth-order valence-electron chi connectivity index (χ4n) is 1.85. The summed E-state index contributed by atoms with van der Waals surface area (Å²) in [6.45, 7) is -0.258. The van der Waals surface area contributed by atoms with Gasteiger partial charge < -0.3 is 16.2 Å². The van der Waals surface area contributed by atoms with E-state index in [9.17, 15) is 9.59 Å². The number of carbonyl (C=O) groups excluding carboxylic acids is 1. The standard InChI is InChI=1S/C14H16N4O3/c15-12(6-10-4-2-1-3-5-10)14(21)17-11-7-16-18(8-11)9-13(19)20/h1-5,7-8,12H,6,9,15H2,(H,17,21)(H,19,20)/t12-/m1/s1. The van der Waals surface area contributed by atoms with E-state index >= 15 is 0 Å². The number of anilines is 1. The summed E-state index contributed by atoms with van der Waals surface area (Å²) in [5, 5.41) is 15.1. The van der Waals surface area contributed by atoms with Gasteiger partial charge in [-0.2, -0.15) is 5.10 Å². The fraction of sp³-hybridized carbons (Fsp3) is 0.214. The van der Waals surface area contributed by atoms with Crippen LogP contribution in [0.2, 0.25) is 0 Å². The van der Waals surface area contributed by atoms with Gasteiger partial charge in [0.05, 0.1) is 17.9 Å². The summed E-state index contributed by atoms with van der Waals surface area (Å²) in [5.74, 6) is -1.34. The molecule has 1 aromatic carbocycles. The molecule has 0 bridgehead atoms. The highest BCUT2D eigenvalue weighted by Crippen LogP contribution is 2.07. The number of carboxylic acids is 1. The van der Waals surface area contributed by atoms with Crippen LogP contribution < -0.4 is 11.1 Å². The minimum Gasteiger partial charge on any atom is -0.480 e. The number of hydrogen-bond donors (Lipinski definition) is 3. The minimum atomic E-state index is -1.00. The molecule has 4 N–H and O–H groups in total. The first kappa shape index (κ1) is 14.7. The quantitative estimate of drug-likeness (QED) is 0.716. The number of nitrogens with two attached hydrogens (primary N) is 1. The summed E-state index contributed by atoms with van der Waals surface area (Å²) < 4.78 is 1.22. The van der Waals surface area contributed by atoms with Gasteiger partial charge in [0.15, 0.2) is 0 Å². The summed E-state index contributed by atoms with van der Waals surface area (Å²) in [4.78, 5) is 22.5. The predicted molar refractivity (Wildman–Crippen MR) is 76.6 cm³/mol. The molecule has 0 fully saturated rings. The zero-order valence-corrected chi connectivity index (χ0v) is 11.3. The summed E-state index contributed by atoms with van der Waals surface area (Å²) in [7, 11) is 0. The first-order chi connectivity index (χ1) is 10.0. The molecule has 110 valence electrons. The summed E-state index contributed by atoms with van der Waals surface area (Å²) in [6, 6.07) is 8.78. The molecule has 0 saturated carbocycles. The monoisotopic (exact) mass is 288 g/mol. The van der Waals surface area contributed by atoms with Crippen molar-refractivity contribution < 1.29 is 14.7 Å². The number of carboxylic acid groups (broad SMARTS) is 1. The molecule has 0 aliphatic carbocycles. The van der Waals surface area contributed by atoms with E-state index in [4.69, 9.17) is 10.8 Å². The molecule has 1 heterocycles. The van der Waals surface area contributed by atoms with Gasteiger partial charge in [-0.05, 0) is 12.0 Å². The van der Waals surface area contributed by atoms with Gasteiger partial charge in [0, 0.05) is 6.20 Å². The average Bonchev–Trinajstić information content (AvgIpc) is 2.86. The molecule has 0 radical (unpaired) electrons. The van der Waals surface area contributed by atoms with Gasteiger partial charge in [-0.15, -0.1) is 0 Å². The molecule has 21 heavy (non-hydrogen) atoms. The molecule has 0 unspecified atom stereocenters. The largest absolute Gasteiger partial charge is 0.480 e. The lowest BCUT2D eigenvalue weighted by molar-refractivity contribution is -0.137. The Morgan fingerprint density at radius 1 is 1.33 bits per heavy atom. The SMILES string of the molecule is N[C@H](Cc1ccccc1)C(=O)Nc1cnn(CC(=O)O)c1. The number of nitrogens with zero attached hydrogens (tertiary/aromatic N) is 2. The van der Waals surface area contributed by atoms with E-state index < -0.39 is 12.0 Å². The Morgan fingerprint density at radius 3 is 2.71 bits per heavy atom. The molecular weight excluding hydrogens is 272 g/mol. The molecule has 0 aliphatic rings. The lowest BCUT2D eigenvalue weighted by Crippen LogP contribution is -2.37. The van der Waals surface area contributed by atoms with Crippen LogP contribution in [-0.2, 0) is 22.6 Å². The van der Waals surface area contributed by atoms with Gasteiger partial charge in [0.25, 0.3) is 0 Å². The van der Waals surface area contributed by atoms with Crippen LogP contribution >= 0.6 is 0 Å². The van der Waals surface area contributed by atoms with Crippen LogP contribution in [0.4, 0.5) is 5.69 Å². The molecule has 1 aromatic heterocycles. The van der Waals surface area contributed by atoms with Crippen molar-refractivity contribution in [3.05, 3.63) is 48.3 Å². The van der Waals surface area contributed by atoms with E-state index in [2.05, 4.69) is 10.4 Å². The molecular formula is C14H16N4O3. The highest BCUT2D eigenvalue weighted by atomic mass is 16.4. The maximum atomic E-state index is 12.0. The summed E-state index contributed by atoms with van der Waals surface area (Å²) in [5.41, 5.74) is 7.25. The van der Waals surface area contributed by atoms with E-state index in [1.165, 1.54) is 17.1 Å². The Labute approximate surface area is 121 Å². The van der Waals surface area contributed by atoms with Gasteiger partial charge >= 0.3 is 5.97 Å². The Kier molecular flexibility index (Phi) is 4.68. The third kappa shape index (κ3) is 4.43. The van der Waals surface area contributed by atoms with Crippen LogP contribution in [0.25, 0.3) is 0 Å². The Bertz CT molecular complexity index is 624. The zero-order chi connectivity index (χ0) is 15.2. The van der Waals surface area contributed by atoms with Crippen LogP contribution in [0.15, 0.2) is 42.7 Å². The minimum absolute atomic E-state index is 0.258. The second kappa shape index (κ2) is 6.67. The van der Waals surface area contributed by atoms with Gasteiger partial charge in [-0.25, -0.2) is 0 Å². The summed E-state index contributed by atoms with van der Waals surface area (Å²) >= 11 is 0. The van der Waals surface area contributed by atoms with E-state index in [1.54, 1.807) is 0 Å². The molecule has 7 heteroatoms. The number of aromatic nitrogens is 2. The van der Waals surface area contributed by atoms with Crippen molar-refractivity contribution in [1.29, 1.82) is 0 Å². The number of rotatable bonds is 6. The molecule has 1 amide bonds. The molecule has 0 saturated heterocycles. The van der Waals surface area contributed by atoms with Crippen molar-refractivity contribution in [3.8, 4) is 0 Å². The molecule has 0 aliphatic heterocycles. The number of benzene rings is 1. The van der Waals surface area contributed by atoms with Gasteiger partial charge in [-0.3, -0.25) is 14.3 Å². The Hall–Kier alpha value is -2.67. The van der Waals surface area contributed by atoms with Crippen molar-refractivity contribution in [3.63, 3.8) is 0 Å². The molecule has 1 atom stereocenters. The first-order valence-corrected chi connectivity index (χ1v) is 6.39. The van der Waals surface area contributed by atoms with Gasteiger partial charge in [0.1, 0.15) is 6.54 Å². The van der Waals surface area contributed by atoms with E-state index in [0.717, 1.165) is 5.56 Å². The van der Waals surface area contributed by atoms with Crippen molar-refractivity contribution in [2.75, 3.05) is 5.32 Å². The van der Waals surface area contributed by atoms with Crippen molar-refractivity contribution in [2.45, 2.75) is 19.0 Å². The third-order valence-electron chi connectivity index (χ3n) is 2.83. The van der Waals surface area contributed by atoms with Gasteiger partial charge in [-0.1, -0.05) is 30.3 Å². The number of nitrogens with one attached hydrogen (secondary N) is 1. The predicted octanol–water partition coefficient (Wildman–Crippen LogP) is 0.476. The third-order valence-corrected chi connectivity index (χ3v) is 2.83. The maximum Gasteiger partial charge on any atom is 0.325 e. The summed E-state index contributed by atoms with van der Waals surface area (Å²) in [6.07, 6.45) is 3.26. The average molecular weight is 288 g/mol. The van der Waals surface area contributed by atoms with Gasteiger partial charge in [0.2, 0.25) is 5.91 Å². The van der Waals surface area contributed by atoms with Crippen LogP contribution in [0, 0.1) is 0 Å². The molecule has 7 nitrogen and oxygen atoms in total. The highest BCUT2D eigenvalue weighted by Gasteiger charge is 2.15. The topological polar surface area (TPSA) is 110 Å². The fourth-order valence-corrected chi connectivity index (χ4v) is 1.85. The van der Waals surface area contributed by atoms with E-state index in [0.29, 0.717) is 12.1 Å². The van der Waals surface area contributed by atoms with Crippen molar-refractivity contribution in [1.82, 2.24) is 9.78 Å². The first-order valence-electron chi connectivity index (χ1n) is 6.39. The Morgan fingerprint density at radius 2 is 2.05 bits per heavy atom. The second-order valence-electron chi connectivity index (χ2n) is 4.61. The number of amides is 1. The number of carbonyl (C=O) groups is 2. The van der Waals surface area contributed by atoms with Crippen LogP contribution in [-0.4, -0.2) is 32.8 Å². The Balaban J connectivity index is 1.91.